The molecule has 0 saturated carbocycles. The Morgan fingerprint density at radius 1 is 1.18 bits per heavy atom. The van der Waals surface area contributed by atoms with Crippen molar-refractivity contribution in [2.45, 2.75) is 63.7 Å². The summed E-state index contributed by atoms with van der Waals surface area (Å²) in [7, 11) is -3.47. The zero-order chi connectivity index (χ0) is 20.1. The fraction of sp³-hybridized carbons (Fsp3) is 0.600. The first kappa shape index (κ1) is 21.2. The van der Waals surface area contributed by atoms with Crippen molar-refractivity contribution in [2.75, 3.05) is 18.4 Å². The number of piperidine rings is 1. The number of amides is 1. The summed E-state index contributed by atoms with van der Waals surface area (Å²) in [4.78, 5) is 17.3. The zero-order valence-corrected chi connectivity index (χ0v) is 18.2. The van der Waals surface area contributed by atoms with Crippen molar-refractivity contribution in [3.63, 3.8) is 0 Å². The Morgan fingerprint density at radius 2 is 1.86 bits per heavy atom. The van der Waals surface area contributed by atoms with Crippen LogP contribution in [0.5, 0.6) is 0 Å². The number of hydrogen-bond donors (Lipinski definition) is 1. The standard InChI is InChI=1S/C20H29N3O3S2/c1-3-8-15(9-4-2)19(24)22-20-21-17-11-10-16(14-18(17)27-20)28(25,26)23-12-6-5-7-13-23/h10-11,14-15H,3-9,12-13H2,1-2H3,(H,21,22,24). The summed E-state index contributed by atoms with van der Waals surface area (Å²) >= 11 is 1.33. The minimum atomic E-state index is -3.47. The Balaban J connectivity index is 1.80. The maximum absolute atomic E-state index is 12.9. The molecular weight excluding hydrogens is 394 g/mol. The highest BCUT2D eigenvalue weighted by atomic mass is 32.2. The van der Waals surface area contributed by atoms with E-state index in [1.807, 2.05) is 0 Å². The summed E-state index contributed by atoms with van der Waals surface area (Å²) in [5, 5.41) is 3.46. The van der Waals surface area contributed by atoms with Gasteiger partial charge in [0.25, 0.3) is 0 Å². The molecule has 1 aliphatic heterocycles. The molecule has 154 valence electrons. The number of hydrogen-bond acceptors (Lipinski definition) is 5. The smallest absolute Gasteiger partial charge is 0.243 e. The van der Waals surface area contributed by atoms with Crippen molar-refractivity contribution in [1.82, 2.24) is 9.29 Å². The van der Waals surface area contributed by atoms with E-state index in [4.69, 9.17) is 0 Å². The summed E-state index contributed by atoms with van der Waals surface area (Å²) in [6, 6.07) is 5.03. The highest BCUT2D eigenvalue weighted by Crippen LogP contribution is 2.30. The maximum Gasteiger partial charge on any atom is 0.243 e. The molecule has 2 aromatic rings. The molecule has 0 unspecified atom stereocenters. The predicted octanol–water partition coefficient (Wildman–Crippen LogP) is 4.63. The maximum atomic E-state index is 12.9. The van der Waals surface area contributed by atoms with E-state index in [1.165, 1.54) is 11.3 Å². The normalized spacial score (nSPS) is 16.0. The van der Waals surface area contributed by atoms with Gasteiger partial charge in [-0.2, -0.15) is 4.31 Å². The van der Waals surface area contributed by atoms with Gasteiger partial charge in [-0.1, -0.05) is 44.4 Å². The van der Waals surface area contributed by atoms with E-state index in [1.54, 1.807) is 22.5 Å². The minimum absolute atomic E-state index is 0.00273. The van der Waals surface area contributed by atoms with Crippen LogP contribution in [0.3, 0.4) is 0 Å². The monoisotopic (exact) mass is 423 g/mol. The molecule has 0 radical (unpaired) electrons. The average Bonchev–Trinajstić information content (AvgIpc) is 3.09. The molecule has 3 rings (SSSR count). The van der Waals surface area contributed by atoms with Gasteiger partial charge < -0.3 is 5.32 Å². The number of nitrogens with one attached hydrogen (secondary N) is 1. The molecule has 1 aromatic heterocycles. The number of aromatic nitrogens is 1. The van der Waals surface area contributed by atoms with Crippen LogP contribution in [0.4, 0.5) is 5.13 Å². The second-order valence-corrected chi connectivity index (χ2v) is 10.3. The van der Waals surface area contributed by atoms with E-state index in [0.717, 1.165) is 49.6 Å². The van der Waals surface area contributed by atoms with Crippen LogP contribution < -0.4 is 5.32 Å². The third-order valence-corrected chi connectivity index (χ3v) is 8.02. The number of carbonyl (C=O) groups is 1. The van der Waals surface area contributed by atoms with E-state index in [9.17, 15) is 13.2 Å². The van der Waals surface area contributed by atoms with Gasteiger partial charge in [-0.05, 0) is 43.9 Å². The van der Waals surface area contributed by atoms with Crippen LogP contribution >= 0.6 is 11.3 Å². The van der Waals surface area contributed by atoms with Gasteiger partial charge in [0.05, 0.1) is 15.1 Å². The van der Waals surface area contributed by atoms with Gasteiger partial charge >= 0.3 is 0 Å². The number of anilines is 1. The molecule has 6 nitrogen and oxygen atoms in total. The van der Waals surface area contributed by atoms with Gasteiger partial charge in [0, 0.05) is 19.0 Å². The van der Waals surface area contributed by atoms with Crippen LogP contribution in [-0.4, -0.2) is 36.7 Å². The van der Waals surface area contributed by atoms with E-state index < -0.39 is 10.0 Å². The topological polar surface area (TPSA) is 79.4 Å². The summed E-state index contributed by atoms with van der Waals surface area (Å²) in [5.74, 6) is 0.000898. The molecule has 1 aromatic carbocycles. The van der Waals surface area contributed by atoms with Gasteiger partial charge in [-0.3, -0.25) is 4.79 Å². The highest BCUT2D eigenvalue weighted by molar-refractivity contribution is 7.89. The van der Waals surface area contributed by atoms with Crippen molar-refractivity contribution in [3.05, 3.63) is 18.2 Å². The number of benzene rings is 1. The second-order valence-electron chi connectivity index (χ2n) is 7.38. The molecule has 1 fully saturated rings. The van der Waals surface area contributed by atoms with Crippen molar-refractivity contribution < 1.29 is 13.2 Å². The summed E-state index contributed by atoms with van der Waals surface area (Å²) in [6.07, 6.45) is 6.57. The molecular formula is C20H29N3O3S2. The molecule has 1 N–H and O–H groups in total. The molecule has 2 heterocycles. The third-order valence-electron chi connectivity index (χ3n) is 5.19. The van der Waals surface area contributed by atoms with Gasteiger partial charge in [0.2, 0.25) is 15.9 Å². The van der Waals surface area contributed by atoms with E-state index >= 15 is 0 Å². The predicted molar refractivity (Wildman–Crippen MR) is 114 cm³/mol. The Kier molecular flexibility index (Phi) is 7.06. The van der Waals surface area contributed by atoms with E-state index in [0.29, 0.717) is 28.6 Å². The molecule has 0 atom stereocenters. The number of carbonyl (C=O) groups excluding carboxylic acids is 1. The lowest BCUT2D eigenvalue weighted by Crippen LogP contribution is -2.35. The quantitative estimate of drug-likeness (QED) is 0.671. The van der Waals surface area contributed by atoms with Crippen LogP contribution in [0.15, 0.2) is 23.1 Å². The largest absolute Gasteiger partial charge is 0.302 e. The van der Waals surface area contributed by atoms with E-state index in [-0.39, 0.29) is 11.8 Å². The van der Waals surface area contributed by atoms with Crippen LogP contribution in [0.2, 0.25) is 0 Å². The number of rotatable bonds is 8. The summed E-state index contributed by atoms with van der Waals surface area (Å²) in [5.41, 5.74) is 0.709. The fourth-order valence-electron chi connectivity index (χ4n) is 3.68. The Morgan fingerprint density at radius 3 is 2.50 bits per heavy atom. The summed E-state index contributed by atoms with van der Waals surface area (Å²) in [6.45, 7) is 5.33. The summed E-state index contributed by atoms with van der Waals surface area (Å²) < 4.78 is 28.1. The van der Waals surface area contributed by atoms with Gasteiger partial charge in [0.15, 0.2) is 5.13 Å². The number of fused-ring (bicyclic) bond motifs is 1. The van der Waals surface area contributed by atoms with Crippen LogP contribution in [0.1, 0.15) is 58.8 Å². The minimum Gasteiger partial charge on any atom is -0.302 e. The Bertz CT molecular complexity index is 912. The van der Waals surface area contributed by atoms with Crippen molar-refractivity contribution in [1.29, 1.82) is 0 Å². The molecule has 8 heteroatoms. The average molecular weight is 424 g/mol. The van der Waals surface area contributed by atoms with Crippen molar-refractivity contribution in [2.24, 2.45) is 5.92 Å². The third kappa shape index (κ3) is 4.72. The number of sulfonamides is 1. The van der Waals surface area contributed by atoms with Crippen LogP contribution in [0.25, 0.3) is 10.2 Å². The van der Waals surface area contributed by atoms with Gasteiger partial charge in [0.1, 0.15) is 0 Å². The SMILES string of the molecule is CCCC(CCC)C(=O)Nc1nc2ccc(S(=O)(=O)N3CCCCC3)cc2s1. The van der Waals surface area contributed by atoms with Gasteiger partial charge in [-0.15, -0.1) is 0 Å². The number of nitrogens with zero attached hydrogens (tertiary/aromatic N) is 2. The zero-order valence-electron chi connectivity index (χ0n) is 16.6. The first-order valence-corrected chi connectivity index (χ1v) is 12.4. The first-order chi connectivity index (χ1) is 13.5. The molecule has 1 aliphatic rings. The number of thiazole rings is 1. The molecule has 1 saturated heterocycles. The fourth-order valence-corrected chi connectivity index (χ4v) is 6.21. The Hall–Kier alpha value is -1.51. The second kappa shape index (κ2) is 9.33. The molecule has 0 aliphatic carbocycles. The van der Waals surface area contributed by atoms with Crippen molar-refractivity contribution in [3.8, 4) is 0 Å². The van der Waals surface area contributed by atoms with Crippen molar-refractivity contribution >= 4 is 42.6 Å². The van der Waals surface area contributed by atoms with Crippen LogP contribution in [0, 0.1) is 5.92 Å². The van der Waals surface area contributed by atoms with Gasteiger partial charge in [-0.25, -0.2) is 13.4 Å². The van der Waals surface area contributed by atoms with E-state index in [2.05, 4.69) is 24.1 Å². The lowest BCUT2D eigenvalue weighted by Gasteiger charge is -2.25. The molecule has 0 spiro atoms. The lowest BCUT2D eigenvalue weighted by atomic mass is 9.97. The van der Waals surface area contributed by atoms with Crippen LogP contribution in [-0.2, 0) is 14.8 Å². The first-order valence-electron chi connectivity index (χ1n) is 10.2. The Labute approximate surface area is 171 Å². The highest BCUT2D eigenvalue weighted by Gasteiger charge is 2.26. The molecule has 28 heavy (non-hydrogen) atoms. The molecule has 1 amide bonds. The lowest BCUT2D eigenvalue weighted by molar-refractivity contribution is -0.120. The molecule has 0 bridgehead atoms.